The molecule has 0 radical (unpaired) electrons. The van der Waals surface area contributed by atoms with Gasteiger partial charge in [0.05, 0.1) is 15.6 Å². The Morgan fingerprint density at radius 1 is 1.55 bits per heavy atom. The van der Waals surface area contributed by atoms with Crippen molar-refractivity contribution in [2.75, 3.05) is 6.54 Å². The molecule has 0 bridgehead atoms. The molecular formula is C14H14N2O3S3. The second kappa shape index (κ2) is 6.47. The van der Waals surface area contributed by atoms with Gasteiger partial charge in [0.2, 0.25) is 0 Å². The highest BCUT2D eigenvalue weighted by molar-refractivity contribution is 8.26. The van der Waals surface area contributed by atoms with Crippen LogP contribution in [0.25, 0.3) is 6.08 Å². The van der Waals surface area contributed by atoms with Crippen molar-refractivity contribution in [1.29, 1.82) is 0 Å². The lowest BCUT2D eigenvalue weighted by molar-refractivity contribution is -0.137. The number of rotatable bonds is 6. The lowest BCUT2D eigenvalue weighted by atomic mass is 10.3. The van der Waals surface area contributed by atoms with Crippen molar-refractivity contribution in [3.05, 3.63) is 21.0 Å². The van der Waals surface area contributed by atoms with Crippen molar-refractivity contribution in [2.24, 2.45) is 0 Å². The van der Waals surface area contributed by atoms with Crippen LogP contribution in [0.1, 0.15) is 42.3 Å². The number of aromatic nitrogens is 1. The number of thioether (sulfide) groups is 1. The number of carboxylic acid groups (broad SMARTS) is 1. The molecule has 1 aromatic rings. The third kappa shape index (κ3) is 3.56. The maximum atomic E-state index is 12.3. The van der Waals surface area contributed by atoms with E-state index in [1.54, 1.807) is 17.4 Å². The minimum atomic E-state index is -0.865. The SMILES string of the molecule is O=C(O)CCCN1C(=O)/C(=C\c2csc(C3CC3)n2)SC1=S. The molecule has 3 rings (SSSR count). The third-order valence-corrected chi connectivity index (χ3v) is 5.79. The van der Waals surface area contributed by atoms with Crippen LogP contribution in [-0.2, 0) is 9.59 Å². The van der Waals surface area contributed by atoms with Crippen LogP contribution in [0.2, 0.25) is 0 Å². The van der Waals surface area contributed by atoms with E-state index in [9.17, 15) is 9.59 Å². The standard InChI is InChI=1S/C14H14N2O3S3/c17-11(18)2-1-5-16-13(19)10(22-14(16)20)6-9-7-21-12(15-9)8-3-4-8/h6-8H,1-5H2,(H,17,18)/b10-6+. The Hall–Kier alpha value is -1.25. The van der Waals surface area contributed by atoms with E-state index in [0.717, 1.165) is 10.7 Å². The van der Waals surface area contributed by atoms with Crippen molar-refractivity contribution in [2.45, 2.75) is 31.6 Å². The first-order valence-corrected chi connectivity index (χ1v) is 9.07. The van der Waals surface area contributed by atoms with Gasteiger partial charge < -0.3 is 5.11 Å². The summed E-state index contributed by atoms with van der Waals surface area (Å²) in [6.45, 7) is 0.346. The molecule has 2 fully saturated rings. The fraction of sp³-hybridized carbons (Fsp3) is 0.429. The maximum absolute atomic E-state index is 12.3. The van der Waals surface area contributed by atoms with Crippen LogP contribution in [0.15, 0.2) is 10.3 Å². The van der Waals surface area contributed by atoms with Crippen LogP contribution in [0.3, 0.4) is 0 Å². The number of thiazole rings is 1. The summed E-state index contributed by atoms with van der Waals surface area (Å²) in [4.78, 5) is 29.5. The van der Waals surface area contributed by atoms with Gasteiger partial charge in [0, 0.05) is 24.3 Å². The van der Waals surface area contributed by atoms with E-state index in [1.807, 2.05) is 5.38 Å². The predicted octanol–water partition coefficient (Wildman–Crippen LogP) is 3.09. The second-order valence-corrected chi connectivity index (χ2v) is 7.78. The summed E-state index contributed by atoms with van der Waals surface area (Å²) >= 11 is 8.10. The number of nitrogens with zero attached hydrogens (tertiary/aromatic N) is 2. The molecular weight excluding hydrogens is 340 g/mol. The minimum Gasteiger partial charge on any atom is -0.481 e. The zero-order valence-corrected chi connectivity index (χ0v) is 14.1. The van der Waals surface area contributed by atoms with Crippen molar-refractivity contribution in [3.63, 3.8) is 0 Å². The van der Waals surface area contributed by atoms with Gasteiger partial charge in [-0.2, -0.15) is 0 Å². The van der Waals surface area contributed by atoms with Crippen molar-refractivity contribution in [3.8, 4) is 0 Å². The second-order valence-electron chi connectivity index (χ2n) is 5.22. The normalized spacial score (nSPS) is 20.2. The van der Waals surface area contributed by atoms with Crippen LogP contribution >= 0.6 is 35.3 Å². The Morgan fingerprint density at radius 3 is 3.00 bits per heavy atom. The van der Waals surface area contributed by atoms with Crippen LogP contribution in [0.4, 0.5) is 0 Å². The Kier molecular flexibility index (Phi) is 4.60. The number of hydrogen-bond acceptors (Lipinski definition) is 6. The highest BCUT2D eigenvalue weighted by atomic mass is 32.2. The van der Waals surface area contributed by atoms with E-state index in [1.165, 1.54) is 29.5 Å². The monoisotopic (exact) mass is 354 g/mol. The molecule has 116 valence electrons. The van der Waals surface area contributed by atoms with Gasteiger partial charge in [0.25, 0.3) is 5.91 Å². The molecule has 1 saturated carbocycles. The van der Waals surface area contributed by atoms with E-state index in [-0.39, 0.29) is 12.3 Å². The Bertz CT molecular complexity index is 664. The third-order valence-electron chi connectivity index (χ3n) is 3.39. The molecule has 1 amide bonds. The molecule has 0 unspecified atom stereocenters. The number of carbonyl (C=O) groups is 2. The molecule has 5 nitrogen and oxygen atoms in total. The molecule has 2 aliphatic rings. The van der Waals surface area contributed by atoms with Gasteiger partial charge >= 0.3 is 5.97 Å². The number of aliphatic carboxylic acids is 1. The summed E-state index contributed by atoms with van der Waals surface area (Å²) < 4.78 is 0.485. The summed E-state index contributed by atoms with van der Waals surface area (Å²) in [6, 6.07) is 0. The smallest absolute Gasteiger partial charge is 0.303 e. The van der Waals surface area contributed by atoms with Gasteiger partial charge in [-0.3, -0.25) is 14.5 Å². The van der Waals surface area contributed by atoms with Crippen molar-refractivity contribution in [1.82, 2.24) is 9.88 Å². The average Bonchev–Trinajstić information content (AvgIpc) is 3.16. The predicted molar refractivity (Wildman–Crippen MR) is 90.8 cm³/mol. The molecule has 2 heterocycles. The lowest BCUT2D eigenvalue weighted by Gasteiger charge is -2.13. The van der Waals surface area contributed by atoms with Crippen molar-refractivity contribution >= 4 is 57.6 Å². The van der Waals surface area contributed by atoms with Crippen LogP contribution in [0, 0.1) is 0 Å². The van der Waals surface area contributed by atoms with E-state index in [4.69, 9.17) is 17.3 Å². The Balaban J connectivity index is 1.66. The Labute approximate surface area is 141 Å². The topological polar surface area (TPSA) is 70.5 Å². The van der Waals surface area contributed by atoms with Gasteiger partial charge in [0.15, 0.2) is 0 Å². The van der Waals surface area contributed by atoms with Crippen LogP contribution in [-0.4, -0.2) is 37.7 Å². The van der Waals surface area contributed by atoms with E-state index >= 15 is 0 Å². The van der Waals surface area contributed by atoms with Gasteiger partial charge in [-0.25, -0.2) is 4.98 Å². The first-order valence-electron chi connectivity index (χ1n) is 6.97. The first-order chi connectivity index (χ1) is 10.5. The lowest BCUT2D eigenvalue weighted by Crippen LogP contribution is -2.29. The zero-order valence-electron chi connectivity index (χ0n) is 11.7. The van der Waals surface area contributed by atoms with Gasteiger partial charge in [-0.05, 0) is 25.3 Å². The number of carboxylic acids is 1. The number of carbonyl (C=O) groups excluding carboxylic acids is 1. The highest BCUT2D eigenvalue weighted by Gasteiger charge is 2.32. The molecule has 0 atom stereocenters. The van der Waals surface area contributed by atoms with Gasteiger partial charge in [-0.1, -0.05) is 24.0 Å². The number of hydrogen-bond donors (Lipinski definition) is 1. The molecule has 1 aliphatic heterocycles. The van der Waals surface area contributed by atoms with Gasteiger partial charge in [-0.15, -0.1) is 11.3 Å². The van der Waals surface area contributed by atoms with E-state index < -0.39 is 5.97 Å². The van der Waals surface area contributed by atoms with E-state index in [2.05, 4.69) is 4.98 Å². The fourth-order valence-electron chi connectivity index (χ4n) is 2.10. The molecule has 1 saturated heterocycles. The minimum absolute atomic E-state index is 0.0347. The number of amides is 1. The molecule has 0 aromatic carbocycles. The molecule has 22 heavy (non-hydrogen) atoms. The fourth-order valence-corrected chi connectivity index (χ4v) is 4.34. The van der Waals surface area contributed by atoms with Crippen LogP contribution in [0.5, 0.6) is 0 Å². The summed E-state index contributed by atoms with van der Waals surface area (Å²) in [5, 5.41) is 11.8. The molecule has 1 aromatic heterocycles. The molecule has 1 N–H and O–H groups in total. The van der Waals surface area contributed by atoms with Crippen LogP contribution < -0.4 is 0 Å². The summed E-state index contributed by atoms with van der Waals surface area (Å²) in [5.74, 6) is -0.407. The van der Waals surface area contributed by atoms with E-state index in [0.29, 0.717) is 28.1 Å². The quantitative estimate of drug-likeness (QED) is 0.625. The van der Waals surface area contributed by atoms with Crippen molar-refractivity contribution < 1.29 is 14.7 Å². The largest absolute Gasteiger partial charge is 0.481 e. The average molecular weight is 354 g/mol. The summed E-state index contributed by atoms with van der Waals surface area (Å²) in [5.41, 5.74) is 0.804. The molecule has 0 spiro atoms. The highest BCUT2D eigenvalue weighted by Crippen LogP contribution is 2.42. The Morgan fingerprint density at radius 2 is 2.32 bits per heavy atom. The molecule has 8 heteroatoms. The van der Waals surface area contributed by atoms with Gasteiger partial charge in [0.1, 0.15) is 4.32 Å². The zero-order chi connectivity index (χ0) is 15.7. The molecule has 1 aliphatic carbocycles. The summed E-state index contributed by atoms with van der Waals surface area (Å²) in [7, 11) is 0. The summed E-state index contributed by atoms with van der Waals surface area (Å²) in [6.07, 6.45) is 4.63. The maximum Gasteiger partial charge on any atom is 0.303 e. The number of thiocarbonyl (C=S) groups is 1. The first kappa shape index (κ1) is 15.6.